The summed E-state index contributed by atoms with van der Waals surface area (Å²) in [5, 5.41) is 3.46. The van der Waals surface area contributed by atoms with Gasteiger partial charge in [0.1, 0.15) is 4.70 Å². The highest BCUT2D eigenvalue weighted by atomic mass is 32.2. The van der Waals surface area contributed by atoms with Crippen LogP contribution in [0.15, 0.2) is 59.0 Å². The first-order chi connectivity index (χ1) is 14.0. The van der Waals surface area contributed by atoms with Crippen LogP contribution < -0.4 is 10.9 Å². The minimum atomic E-state index is -0.0928. The predicted octanol–water partition coefficient (Wildman–Crippen LogP) is 4.57. The lowest BCUT2D eigenvalue weighted by molar-refractivity contribution is -0.118. The van der Waals surface area contributed by atoms with E-state index in [1.807, 2.05) is 36.4 Å². The Morgan fingerprint density at radius 2 is 2.10 bits per heavy atom. The predicted molar refractivity (Wildman–Crippen MR) is 123 cm³/mol. The number of carbonyl (C=O) groups is 1. The van der Waals surface area contributed by atoms with Crippen LogP contribution in [0.5, 0.6) is 0 Å². The van der Waals surface area contributed by atoms with Crippen molar-refractivity contribution >= 4 is 39.2 Å². The maximum Gasteiger partial charge on any atom is 0.272 e. The number of hydrogen-bond acceptors (Lipinski definition) is 5. The molecule has 0 aliphatic carbocycles. The van der Waals surface area contributed by atoms with Gasteiger partial charge >= 0.3 is 0 Å². The molecule has 2 heterocycles. The van der Waals surface area contributed by atoms with E-state index in [9.17, 15) is 9.59 Å². The Labute approximate surface area is 178 Å². The molecule has 0 radical (unpaired) electrons. The van der Waals surface area contributed by atoms with Gasteiger partial charge < -0.3 is 5.32 Å². The zero-order valence-corrected chi connectivity index (χ0v) is 18.3. The smallest absolute Gasteiger partial charge is 0.272 e. The number of aromatic nitrogens is 2. The van der Waals surface area contributed by atoms with E-state index in [-0.39, 0.29) is 17.2 Å². The van der Waals surface area contributed by atoms with E-state index in [0.717, 1.165) is 16.9 Å². The number of amides is 1. The molecule has 152 valence electrons. The molecule has 0 saturated carbocycles. The summed E-state index contributed by atoms with van der Waals surface area (Å²) in [7, 11) is 0. The molecule has 3 aromatic rings. The average Bonchev–Trinajstić information content (AvgIpc) is 3.14. The van der Waals surface area contributed by atoms with E-state index < -0.39 is 0 Å². The molecule has 0 bridgehead atoms. The van der Waals surface area contributed by atoms with E-state index in [4.69, 9.17) is 0 Å². The van der Waals surface area contributed by atoms with Gasteiger partial charge in [0, 0.05) is 18.0 Å². The molecule has 0 aliphatic rings. The highest BCUT2D eigenvalue weighted by Crippen LogP contribution is 2.31. The summed E-state index contributed by atoms with van der Waals surface area (Å²) in [5.74, 6) is 0.718. The van der Waals surface area contributed by atoms with Crippen molar-refractivity contribution in [3.63, 3.8) is 0 Å². The van der Waals surface area contributed by atoms with Gasteiger partial charge in [-0.15, -0.1) is 17.9 Å². The van der Waals surface area contributed by atoms with Gasteiger partial charge in [-0.2, -0.15) is 0 Å². The molecule has 7 heteroatoms. The van der Waals surface area contributed by atoms with E-state index in [0.29, 0.717) is 34.4 Å². The van der Waals surface area contributed by atoms with Crippen molar-refractivity contribution in [1.82, 2.24) is 14.9 Å². The first-order valence-corrected chi connectivity index (χ1v) is 11.4. The molecule has 29 heavy (non-hydrogen) atoms. The fraction of sp³-hybridized carbons (Fsp3) is 0.318. The highest BCUT2D eigenvalue weighted by Gasteiger charge is 2.16. The Morgan fingerprint density at radius 3 is 2.79 bits per heavy atom. The fourth-order valence-electron chi connectivity index (χ4n) is 2.82. The Balaban J connectivity index is 1.86. The van der Waals surface area contributed by atoms with Crippen LogP contribution in [0.1, 0.15) is 20.3 Å². The number of thioether (sulfide) groups is 1. The minimum Gasteiger partial charge on any atom is -0.355 e. The summed E-state index contributed by atoms with van der Waals surface area (Å²) in [4.78, 5) is 30.9. The molecule has 5 nitrogen and oxygen atoms in total. The zero-order chi connectivity index (χ0) is 20.8. The first kappa shape index (κ1) is 21.3. The second-order valence-corrected chi connectivity index (χ2v) is 9.11. The summed E-state index contributed by atoms with van der Waals surface area (Å²) < 4.78 is 2.21. The van der Waals surface area contributed by atoms with Gasteiger partial charge in [0.2, 0.25) is 5.91 Å². The molecule has 1 amide bonds. The van der Waals surface area contributed by atoms with Gasteiger partial charge in [-0.05, 0) is 24.0 Å². The van der Waals surface area contributed by atoms with Crippen LogP contribution in [-0.2, 0) is 11.3 Å². The van der Waals surface area contributed by atoms with Crippen LogP contribution in [0.4, 0.5) is 0 Å². The standard InChI is InChI=1S/C22H25N3O2S2/c1-4-12-25-21(27)20-17(13-18(29-20)16-8-6-5-7-9-16)24-22(25)28-14-19(26)23-11-10-15(2)3/h4-9,13,15H,1,10-12,14H2,2-3H3,(H,23,26). The lowest BCUT2D eigenvalue weighted by atomic mass is 10.1. The number of thiophene rings is 1. The summed E-state index contributed by atoms with van der Waals surface area (Å²) in [6.45, 7) is 9.02. The summed E-state index contributed by atoms with van der Waals surface area (Å²) in [6.07, 6.45) is 2.62. The number of nitrogens with one attached hydrogen (secondary N) is 1. The Kier molecular flexibility index (Phi) is 7.28. The van der Waals surface area contributed by atoms with Crippen molar-refractivity contribution in [2.24, 2.45) is 5.92 Å². The van der Waals surface area contributed by atoms with Crippen molar-refractivity contribution in [2.75, 3.05) is 12.3 Å². The topological polar surface area (TPSA) is 64.0 Å². The van der Waals surface area contributed by atoms with E-state index in [1.54, 1.807) is 10.6 Å². The number of rotatable bonds is 9. The van der Waals surface area contributed by atoms with Crippen LogP contribution >= 0.6 is 23.1 Å². The highest BCUT2D eigenvalue weighted by molar-refractivity contribution is 7.99. The lowest BCUT2D eigenvalue weighted by Crippen LogP contribution is -2.28. The Bertz CT molecular complexity index is 1060. The van der Waals surface area contributed by atoms with Gasteiger partial charge in [-0.3, -0.25) is 14.2 Å². The molecule has 0 unspecified atom stereocenters. The van der Waals surface area contributed by atoms with Gasteiger partial charge in [-0.25, -0.2) is 4.98 Å². The first-order valence-electron chi connectivity index (χ1n) is 9.59. The zero-order valence-electron chi connectivity index (χ0n) is 16.7. The Morgan fingerprint density at radius 1 is 1.34 bits per heavy atom. The summed E-state index contributed by atoms with van der Waals surface area (Å²) in [6, 6.07) is 11.9. The molecule has 2 aromatic heterocycles. The summed E-state index contributed by atoms with van der Waals surface area (Å²) >= 11 is 2.73. The maximum atomic E-state index is 13.0. The number of allylic oxidation sites excluding steroid dienone is 1. The molecule has 0 atom stereocenters. The van der Waals surface area contributed by atoms with Crippen LogP contribution in [0, 0.1) is 5.92 Å². The molecule has 0 spiro atoms. The van der Waals surface area contributed by atoms with Gasteiger partial charge in [0.05, 0.1) is 11.3 Å². The minimum absolute atomic E-state index is 0.0505. The number of hydrogen-bond donors (Lipinski definition) is 1. The molecular formula is C22H25N3O2S2. The molecule has 0 fully saturated rings. The van der Waals surface area contributed by atoms with E-state index in [1.165, 1.54) is 23.1 Å². The largest absolute Gasteiger partial charge is 0.355 e. The molecule has 0 saturated heterocycles. The lowest BCUT2D eigenvalue weighted by Gasteiger charge is -2.10. The third kappa shape index (κ3) is 5.36. The molecule has 1 N–H and O–H groups in total. The molecule has 3 rings (SSSR count). The van der Waals surface area contributed by atoms with Crippen LogP contribution in [0.2, 0.25) is 0 Å². The van der Waals surface area contributed by atoms with E-state index in [2.05, 4.69) is 30.7 Å². The quantitative estimate of drug-likeness (QED) is 0.309. The fourth-order valence-corrected chi connectivity index (χ4v) is 4.71. The third-order valence-corrected chi connectivity index (χ3v) is 6.48. The van der Waals surface area contributed by atoms with Crippen molar-refractivity contribution in [1.29, 1.82) is 0 Å². The average molecular weight is 428 g/mol. The second-order valence-electron chi connectivity index (χ2n) is 7.11. The van der Waals surface area contributed by atoms with Crippen molar-refractivity contribution in [3.05, 3.63) is 59.4 Å². The second kappa shape index (κ2) is 9.89. The normalized spacial score (nSPS) is 11.1. The van der Waals surface area contributed by atoms with E-state index >= 15 is 0 Å². The molecule has 0 aliphatic heterocycles. The molecule has 1 aromatic carbocycles. The van der Waals surface area contributed by atoms with Gasteiger partial charge in [0.25, 0.3) is 5.56 Å². The number of fused-ring (bicyclic) bond motifs is 1. The third-order valence-electron chi connectivity index (χ3n) is 4.35. The SMILES string of the molecule is C=CCn1c(SCC(=O)NCCC(C)C)nc2cc(-c3ccccc3)sc2c1=O. The maximum absolute atomic E-state index is 13.0. The van der Waals surface area contributed by atoms with Crippen LogP contribution in [0.25, 0.3) is 20.7 Å². The summed E-state index contributed by atoms with van der Waals surface area (Å²) in [5.41, 5.74) is 1.63. The molecular weight excluding hydrogens is 402 g/mol. The van der Waals surface area contributed by atoms with Crippen molar-refractivity contribution < 1.29 is 4.79 Å². The van der Waals surface area contributed by atoms with Gasteiger partial charge in [0.15, 0.2) is 5.16 Å². The number of benzene rings is 1. The number of carbonyl (C=O) groups excluding carboxylic acids is 1. The Hall–Kier alpha value is -2.38. The monoisotopic (exact) mass is 427 g/mol. The van der Waals surface area contributed by atoms with Crippen LogP contribution in [-0.4, -0.2) is 27.8 Å². The van der Waals surface area contributed by atoms with Crippen molar-refractivity contribution in [2.45, 2.75) is 32.0 Å². The van der Waals surface area contributed by atoms with Crippen LogP contribution in [0.3, 0.4) is 0 Å². The van der Waals surface area contributed by atoms with Crippen molar-refractivity contribution in [3.8, 4) is 10.4 Å². The van der Waals surface area contributed by atoms with Gasteiger partial charge in [-0.1, -0.05) is 62.0 Å². The number of nitrogens with zero attached hydrogens (tertiary/aromatic N) is 2.